The van der Waals surface area contributed by atoms with Crippen molar-refractivity contribution in [1.29, 1.82) is 0 Å². The summed E-state index contributed by atoms with van der Waals surface area (Å²) in [4.78, 5) is 4.63. The topological polar surface area (TPSA) is 53.1 Å². The molecule has 4 heteroatoms. The largest absolute Gasteiger partial charge is 0.383 e. The number of hydrogen-bond acceptors (Lipinski definition) is 3. The zero-order valence-electron chi connectivity index (χ0n) is 10.4. The molecule has 1 aromatic heterocycles. The maximum atomic E-state index is 5.86. The summed E-state index contributed by atoms with van der Waals surface area (Å²) in [6.45, 7) is 3.51. The van der Waals surface area contributed by atoms with Gasteiger partial charge in [0.15, 0.2) is 0 Å². The van der Waals surface area contributed by atoms with Crippen LogP contribution in [-0.2, 0) is 17.7 Å². The van der Waals surface area contributed by atoms with E-state index in [1.54, 1.807) is 7.11 Å². The van der Waals surface area contributed by atoms with Crippen molar-refractivity contribution < 1.29 is 4.74 Å². The molecule has 0 spiro atoms. The zero-order valence-corrected chi connectivity index (χ0v) is 10.4. The Hall–Kier alpha value is -1.39. The Morgan fingerprint density at radius 1 is 1.41 bits per heavy atom. The van der Waals surface area contributed by atoms with Crippen molar-refractivity contribution >= 4 is 11.0 Å². The predicted octanol–water partition coefficient (Wildman–Crippen LogP) is 1.57. The SMILES string of the molecule is COCCn1c(CC(C)N)nc2ccccc21. The van der Waals surface area contributed by atoms with Gasteiger partial charge in [-0.15, -0.1) is 0 Å². The molecule has 0 aliphatic carbocycles. The minimum absolute atomic E-state index is 0.119. The third-order valence-corrected chi connectivity index (χ3v) is 2.76. The lowest BCUT2D eigenvalue weighted by molar-refractivity contribution is 0.187. The van der Waals surface area contributed by atoms with Crippen LogP contribution in [0.4, 0.5) is 0 Å². The van der Waals surface area contributed by atoms with Crippen LogP contribution >= 0.6 is 0 Å². The number of nitrogens with zero attached hydrogens (tertiary/aromatic N) is 2. The van der Waals surface area contributed by atoms with Gasteiger partial charge in [0.05, 0.1) is 17.6 Å². The number of imidazole rings is 1. The molecule has 0 aliphatic heterocycles. The molecular formula is C13H19N3O. The molecule has 1 atom stereocenters. The number of ether oxygens (including phenoxy) is 1. The standard InChI is InChI=1S/C13H19N3O/c1-10(14)9-13-15-11-5-3-4-6-12(11)16(13)7-8-17-2/h3-6,10H,7-9,14H2,1-2H3. The normalized spacial score (nSPS) is 13.1. The van der Waals surface area contributed by atoms with E-state index in [4.69, 9.17) is 10.5 Å². The molecule has 2 N–H and O–H groups in total. The smallest absolute Gasteiger partial charge is 0.111 e. The first-order valence-electron chi connectivity index (χ1n) is 5.91. The third-order valence-electron chi connectivity index (χ3n) is 2.76. The van der Waals surface area contributed by atoms with E-state index in [0.717, 1.165) is 29.8 Å². The number of methoxy groups -OCH3 is 1. The van der Waals surface area contributed by atoms with Crippen LogP contribution in [0.2, 0.25) is 0 Å². The summed E-state index contributed by atoms with van der Waals surface area (Å²) in [6.07, 6.45) is 0.790. The van der Waals surface area contributed by atoms with Crippen LogP contribution in [0.1, 0.15) is 12.7 Å². The second-order valence-electron chi connectivity index (χ2n) is 4.34. The summed E-state index contributed by atoms with van der Waals surface area (Å²) in [5, 5.41) is 0. The van der Waals surface area contributed by atoms with Crippen molar-refractivity contribution in [2.45, 2.75) is 25.9 Å². The number of hydrogen-bond donors (Lipinski definition) is 1. The first kappa shape index (κ1) is 12.1. The van der Waals surface area contributed by atoms with Gasteiger partial charge in [-0.3, -0.25) is 0 Å². The van der Waals surface area contributed by atoms with Gasteiger partial charge in [-0.25, -0.2) is 4.98 Å². The fraction of sp³-hybridized carbons (Fsp3) is 0.462. The summed E-state index contributed by atoms with van der Waals surface area (Å²) >= 11 is 0. The van der Waals surface area contributed by atoms with Crippen LogP contribution in [-0.4, -0.2) is 29.3 Å². The number of para-hydroxylation sites is 2. The Morgan fingerprint density at radius 3 is 2.88 bits per heavy atom. The highest BCUT2D eigenvalue weighted by Gasteiger charge is 2.11. The molecule has 1 heterocycles. The van der Waals surface area contributed by atoms with Crippen LogP contribution in [0.15, 0.2) is 24.3 Å². The number of aromatic nitrogens is 2. The molecule has 0 fully saturated rings. The second kappa shape index (κ2) is 5.29. The van der Waals surface area contributed by atoms with E-state index in [9.17, 15) is 0 Å². The predicted molar refractivity (Wildman–Crippen MR) is 69.0 cm³/mol. The monoisotopic (exact) mass is 233 g/mol. The summed E-state index contributed by atoms with van der Waals surface area (Å²) in [6, 6.07) is 8.27. The highest BCUT2D eigenvalue weighted by molar-refractivity contribution is 5.75. The molecule has 1 unspecified atom stereocenters. The van der Waals surface area contributed by atoms with Gasteiger partial charge in [0, 0.05) is 26.1 Å². The summed E-state index contributed by atoms with van der Waals surface area (Å²) in [5.74, 6) is 1.04. The van der Waals surface area contributed by atoms with Gasteiger partial charge in [-0.2, -0.15) is 0 Å². The average Bonchev–Trinajstić information content (AvgIpc) is 2.63. The quantitative estimate of drug-likeness (QED) is 0.853. The lowest BCUT2D eigenvalue weighted by Gasteiger charge is -2.10. The van der Waals surface area contributed by atoms with Crippen LogP contribution in [0, 0.1) is 0 Å². The molecular weight excluding hydrogens is 214 g/mol. The summed E-state index contributed by atoms with van der Waals surface area (Å²) < 4.78 is 7.34. The van der Waals surface area contributed by atoms with E-state index < -0.39 is 0 Å². The second-order valence-corrected chi connectivity index (χ2v) is 4.34. The number of nitrogens with two attached hydrogens (primary N) is 1. The fourth-order valence-electron chi connectivity index (χ4n) is 2.00. The van der Waals surface area contributed by atoms with Gasteiger partial charge >= 0.3 is 0 Å². The minimum Gasteiger partial charge on any atom is -0.383 e. The van der Waals surface area contributed by atoms with Crippen molar-refractivity contribution in [3.8, 4) is 0 Å². The van der Waals surface area contributed by atoms with E-state index in [1.807, 2.05) is 25.1 Å². The van der Waals surface area contributed by atoms with Crippen molar-refractivity contribution in [2.75, 3.05) is 13.7 Å². The van der Waals surface area contributed by atoms with Gasteiger partial charge in [0.2, 0.25) is 0 Å². The van der Waals surface area contributed by atoms with Gasteiger partial charge < -0.3 is 15.0 Å². The zero-order chi connectivity index (χ0) is 12.3. The number of rotatable bonds is 5. The molecule has 0 radical (unpaired) electrons. The Kier molecular flexibility index (Phi) is 3.76. The van der Waals surface area contributed by atoms with Gasteiger partial charge in [-0.05, 0) is 19.1 Å². The van der Waals surface area contributed by atoms with Crippen molar-refractivity contribution in [2.24, 2.45) is 5.73 Å². The van der Waals surface area contributed by atoms with Gasteiger partial charge in [0.1, 0.15) is 5.82 Å². The van der Waals surface area contributed by atoms with E-state index in [0.29, 0.717) is 6.61 Å². The summed E-state index contributed by atoms with van der Waals surface area (Å²) in [7, 11) is 1.71. The molecule has 2 aromatic rings. The molecule has 0 saturated carbocycles. The van der Waals surface area contributed by atoms with Gasteiger partial charge in [-0.1, -0.05) is 12.1 Å². The average molecular weight is 233 g/mol. The molecule has 0 bridgehead atoms. The molecule has 2 rings (SSSR count). The van der Waals surface area contributed by atoms with Crippen molar-refractivity contribution in [3.05, 3.63) is 30.1 Å². The van der Waals surface area contributed by atoms with Crippen molar-refractivity contribution in [1.82, 2.24) is 9.55 Å². The maximum absolute atomic E-state index is 5.86. The number of fused-ring (bicyclic) bond motifs is 1. The molecule has 92 valence electrons. The molecule has 0 amide bonds. The number of benzene rings is 1. The van der Waals surface area contributed by atoms with Crippen LogP contribution in [0.25, 0.3) is 11.0 Å². The highest BCUT2D eigenvalue weighted by atomic mass is 16.5. The van der Waals surface area contributed by atoms with E-state index in [-0.39, 0.29) is 6.04 Å². The van der Waals surface area contributed by atoms with E-state index in [2.05, 4.69) is 15.6 Å². The highest BCUT2D eigenvalue weighted by Crippen LogP contribution is 2.16. The van der Waals surface area contributed by atoms with Crippen LogP contribution < -0.4 is 5.73 Å². The lowest BCUT2D eigenvalue weighted by atomic mass is 10.2. The molecule has 0 saturated heterocycles. The molecule has 4 nitrogen and oxygen atoms in total. The Morgan fingerprint density at radius 2 is 2.18 bits per heavy atom. The van der Waals surface area contributed by atoms with E-state index >= 15 is 0 Å². The summed E-state index contributed by atoms with van der Waals surface area (Å²) in [5.41, 5.74) is 8.04. The molecule has 17 heavy (non-hydrogen) atoms. The molecule has 0 aliphatic rings. The lowest BCUT2D eigenvalue weighted by Crippen LogP contribution is -2.21. The van der Waals surface area contributed by atoms with Crippen LogP contribution in [0.5, 0.6) is 0 Å². The first-order valence-corrected chi connectivity index (χ1v) is 5.91. The van der Waals surface area contributed by atoms with Gasteiger partial charge in [0.25, 0.3) is 0 Å². The van der Waals surface area contributed by atoms with Crippen LogP contribution in [0.3, 0.4) is 0 Å². The Bertz CT molecular complexity index is 490. The van der Waals surface area contributed by atoms with Crippen molar-refractivity contribution in [3.63, 3.8) is 0 Å². The molecule has 1 aromatic carbocycles. The Labute approximate surface area is 101 Å². The Balaban J connectivity index is 2.41. The minimum atomic E-state index is 0.119. The maximum Gasteiger partial charge on any atom is 0.111 e. The van der Waals surface area contributed by atoms with E-state index in [1.165, 1.54) is 0 Å². The third kappa shape index (κ3) is 2.65. The first-order chi connectivity index (χ1) is 8.22. The fourth-order valence-corrected chi connectivity index (χ4v) is 2.00.